The Balaban J connectivity index is 2.05. The van der Waals surface area contributed by atoms with Gasteiger partial charge in [-0.3, -0.25) is 4.79 Å². The van der Waals surface area contributed by atoms with Gasteiger partial charge in [-0.15, -0.1) is 0 Å². The van der Waals surface area contributed by atoms with Gasteiger partial charge in [-0.1, -0.05) is 12.7 Å². The van der Waals surface area contributed by atoms with Crippen LogP contribution in [0.4, 0.5) is 14.5 Å². The Bertz CT molecular complexity index is 885. The molecule has 1 amide bonds. The summed E-state index contributed by atoms with van der Waals surface area (Å²) >= 11 is 0. The molecule has 0 radical (unpaired) electrons. The number of ether oxygens (including phenoxy) is 3. The van der Waals surface area contributed by atoms with Gasteiger partial charge in [-0.05, 0) is 37.3 Å². The number of rotatable bonds is 8. The van der Waals surface area contributed by atoms with E-state index in [1.807, 2.05) is 0 Å². The second kappa shape index (κ2) is 9.50. The van der Waals surface area contributed by atoms with Crippen molar-refractivity contribution in [2.75, 3.05) is 19.0 Å². The normalized spacial score (nSPS) is 11.3. The third kappa shape index (κ3) is 5.29. The maximum atomic E-state index is 13.6. The van der Waals surface area contributed by atoms with E-state index in [9.17, 15) is 18.4 Å². The molecule has 1 N–H and O–H groups in total. The molecule has 0 heterocycles. The van der Waals surface area contributed by atoms with Crippen LogP contribution in [0.2, 0.25) is 0 Å². The van der Waals surface area contributed by atoms with Gasteiger partial charge in [0.2, 0.25) is 0 Å². The van der Waals surface area contributed by atoms with E-state index in [4.69, 9.17) is 14.2 Å². The van der Waals surface area contributed by atoms with Crippen LogP contribution in [-0.2, 0) is 9.53 Å². The van der Waals surface area contributed by atoms with Gasteiger partial charge in [0.15, 0.2) is 17.6 Å². The lowest BCUT2D eigenvalue weighted by Crippen LogP contribution is -2.30. The number of anilines is 1. The van der Waals surface area contributed by atoms with Gasteiger partial charge >= 0.3 is 5.97 Å². The highest BCUT2D eigenvalue weighted by atomic mass is 19.1. The van der Waals surface area contributed by atoms with Crippen LogP contribution in [0.25, 0.3) is 0 Å². The molecule has 2 rings (SSSR count). The highest BCUT2D eigenvalue weighted by Crippen LogP contribution is 2.28. The van der Waals surface area contributed by atoms with Crippen LogP contribution in [0.1, 0.15) is 17.3 Å². The summed E-state index contributed by atoms with van der Waals surface area (Å²) in [6.07, 6.45) is 0.307. The molecule has 8 heteroatoms. The number of halogens is 2. The Morgan fingerprint density at radius 1 is 1.18 bits per heavy atom. The van der Waals surface area contributed by atoms with Crippen molar-refractivity contribution in [2.45, 2.75) is 13.0 Å². The number of esters is 1. The third-order valence-corrected chi connectivity index (χ3v) is 3.60. The second-order valence-electron chi connectivity index (χ2n) is 5.63. The predicted octanol–water partition coefficient (Wildman–Crippen LogP) is 3.72. The molecule has 0 aliphatic carbocycles. The topological polar surface area (TPSA) is 73.9 Å². The Hall–Kier alpha value is -3.42. The van der Waals surface area contributed by atoms with Crippen LogP contribution in [0.5, 0.6) is 11.5 Å². The quantitative estimate of drug-likeness (QED) is 0.548. The Morgan fingerprint density at radius 2 is 1.93 bits per heavy atom. The zero-order chi connectivity index (χ0) is 20.7. The van der Waals surface area contributed by atoms with Gasteiger partial charge < -0.3 is 19.5 Å². The molecule has 28 heavy (non-hydrogen) atoms. The van der Waals surface area contributed by atoms with Crippen molar-refractivity contribution in [1.29, 1.82) is 0 Å². The first kappa shape index (κ1) is 20.9. The molecule has 0 aromatic heterocycles. The number of amides is 1. The summed E-state index contributed by atoms with van der Waals surface area (Å²) in [5, 5.41) is 2.18. The van der Waals surface area contributed by atoms with Crippen molar-refractivity contribution >= 4 is 17.6 Å². The largest absolute Gasteiger partial charge is 0.493 e. The molecule has 2 aromatic carbocycles. The van der Waals surface area contributed by atoms with Crippen LogP contribution in [0.15, 0.2) is 49.1 Å². The summed E-state index contributed by atoms with van der Waals surface area (Å²) in [5.74, 6) is -2.42. The third-order valence-electron chi connectivity index (χ3n) is 3.60. The van der Waals surface area contributed by atoms with Crippen molar-refractivity contribution in [3.8, 4) is 11.5 Å². The molecule has 148 valence electrons. The molecule has 0 spiro atoms. The average Bonchev–Trinajstić information content (AvgIpc) is 2.68. The molecule has 6 nitrogen and oxygen atoms in total. The summed E-state index contributed by atoms with van der Waals surface area (Å²) in [4.78, 5) is 24.4. The first-order chi connectivity index (χ1) is 13.3. The molecule has 2 aromatic rings. The van der Waals surface area contributed by atoms with E-state index in [0.717, 1.165) is 18.2 Å². The Labute approximate surface area is 160 Å². The number of carbonyl (C=O) groups is 2. The van der Waals surface area contributed by atoms with Crippen LogP contribution >= 0.6 is 0 Å². The molecule has 0 saturated carbocycles. The summed E-state index contributed by atoms with van der Waals surface area (Å²) in [6, 6.07) is 6.99. The van der Waals surface area contributed by atoms with E-state index < -0.39 is 29.6 Å². The maximum absolute atomic E-state index is 13.6. The molecule has 0 aliphatic heterocycles. The molecular weight excluding hydrogens is 372 g/mol. The van der Waals surface area contributed by atoms with Crippen LogP contribution < -0.4 is 14.8 Å². The minimum atomic E-state index is -1.25. The predicted molar refractivity (Wildman–Crippen MR) is 98.6 cm³/mol. The molecule has 1 atom stereocenters. The molecule has 0 saturated heterocycles. The highest BCUT2D eigenvalue weighted by molar-refractivity contribution is 5.97. The van der Waals surface area contributed by atoms with E-state index >= 15 is 0 Å². The summed E-state index contributed by atoms with van der Waals surface area (Å²) in [5.41, 5.74) is -0.224. The first-order valence-corrected chi connectivity index (χ1v) is 8.24. The molecule has 0 fully saturated rings. The number of hydrogen-bond donors (Lipinski definition) is 1. The van der Waals surface area contributed by atoms with E-state index in [0.29, 0.717) is 11.5 Å². The number of carbonyl (C=O) groups excluding carboxylic acids is 2. The van der Waals surface area contributed by atoms with Crippen molar-refractivity contribution in [3.63, 3.8) is 0 Å². The van der Waals surface area contributed by atoms with E-state index in [-0.39, 0.29) is 17.9 Å². The van der Waals surface area contributed by atoms with Crippen LogP contribution in [0, 0.1) is 11.6 Å². The van der Waals surface area contributed by atoms with Gasteiger partial charge in [0.1, 0.15) is 18.2 Å². The molecule has 1 unspecified atom stereocenters. The van der Waals surface area contributed by atoms with Crippen LogP contribution in [-0.4, -0.2) is 31.7 Å². The lowest BCUT2D eigenvalue weighted by molar-refractivity contribution is -0.123. The lowest BCUT2D eigenvalue weighted by atomic mass is 10.2. The first-order valence-electron chi connectivity index (χ1n) is 8.24. The van der Waals surface area contributed by atoms with Crippen molar-refractivity contribution < 1.29 is 32.6 Å². The molecular formula is C20H19F2NO5. The van der Waals surface area contributed by atoms with Crippen molar-refractivity contribution in [1.82, 2.24) is 0 Å². The second-order valence-corrected chi connectivity index (χ2v) is 5.63. The maximum Gasteiger partial charge on any atom is 0.339 e. The minimum absolute atomic E-state index is 0.124. The lowest BCUT2D eigenvalue weighted by Gasteiger charge is -2.15. The number of methoxy groups -OCH3 is 1. The zero-order valence-electron chi connectivity index (χ0n) is 15.3. The van der Waals surface area contributed by atoms with Crippen LogP contribution in [0.3, 0.4) is 0 Å². The fourth-order valence-electron chi connectivity index (χ4n) is 2.17. The van der Waals surface area contributed by atoms with E-state index in [1.165, 1.54) is 32.2 Å². The zero-order valence-corrected chi connectivity index (χ0v) is 15.3. The number of hydrogen-bond acceptors (Lipinski definition) is 5. The van der Waals surface area contributed by atoms with Gasteiger partial charge in [0.05, 0.1) is 18.4 Å². The van der Waals surface area contributed by atoms with Gasteiger partial charge in [0.25, 0.3) is 5.91 Å². The standard InChI is InChI=1S/C20H19F2NO5/c1-4-9-27-17-8-5-13(10-18(17)26-3)20(25)28-12(2)19(24)23-16-11-14(21)6-7-15(16)22/h4-8,10-12H,1,9H2,2-3H3,(H,23,24). The monoisotopic (exact) mass is 391 g/mol. The van der Waals surface area contributed by atoms with Crippen molar-refractivity contribution in [2.24, 2.45) is 0 Å². The van der Waals surface area contributed by atoms with E-state index in [2.05, 4.69) is 11.9 Å². The fourth-order valence-corrected chi connectivity index (χ4v) is 2.17. The number of benzene rings is 2. The highest BCUT2D eigenvalue weighted by Gasteiger charge is 2.21. The van der Waals surface area contributed by atoms with Crippen molar-refractivity contribution in [3.05, 3.63) is 66.3 Å². The number of nitrogens with one attached hydrogen (secondary N) is 1. The fraction of sp³-hybridized carbons (Fsp3) is 0.200. The average molecular weight is 391 g/mol. The SMILES string of the molecule is C=CCOc1ccc(C(=O)OC(C)C(=O)Nc2cc(F)ccc2F)cc1OC. The molecule has 0 aliphatic rings. The minimum Gasteiger partial charge on any atom is -0.493 e. The van der Waals surface area contributed by atoms with Gasteiger partial charge in [-0.2, -0.15) is 0 Å². The smallest absolute Gasteiger partial charge is 0.339 e. The summed E-state index contributed by atoms with van der Waals surface area (Å²) in [7, 11) is 1.41. The van der Waals surface area contributed by atoms with E-state index in [1.54, 1.807) is 6.08 Å². The Morgan fingerprint density at radius 3 is 2.61 bits per heavy atom. The van der Waals surface area contributed by atoms with Gasteiger partial charge in [0, 0.05) is 6.07 Å². The van der Waals surface area contributed by atoms with Gasteiger partial charge in [-0.25, -0.2) is 13.6 Å². The summed E-state index contributed by atoms with van der Waals surface area (Å²) in [6.45, 7) is 5.11. The Kier molecular flexibility index (Phi) is 7.08. The molecule has 0 bridgehead atoms. The summed E-state index contributed by atoms with van der Waals surface area (Å²) < 4.78 is 42.4.